The summed E-state index contributed by atoms with van der Waals surface area (Å²) in [5.41, 5.74) is 1.16. The molecule has 1 fully saturated rings. The monoisotopic (exact) mass is 611 g/mol. The number of amides is 2. The Hall–Kier alpha value is -2.49. The molecule has 0 aliphatic heterocycles. The van der Waals surface area contributed by atoms with Crippen LogP contribution in [0.2, 0.25) is 10.0 Å². The third-order valence-electron chi connectivity index (χ3n) is 7.21. The molecule has 0 heterocycles. The summed E-state index contributed by atoms with van der Waals surface area (Å²) in [6, 6.07) is 11.2. The molecular formula is C29H39Cl2N3O5S. The normalized spacial score (nSPS) is 14.8. The van der Waals surface area contributed by atoms with Crippen molar-refractivity contribution in [2.45, 2.75) is 76.9 Å². The number of hydrogen-bond acceptors (Lipinski definition) is 5. The molecule has 8 nitrogen and oxygen atoms in total. The topological polar surface area (TPSA) is 96.0 Å². The molecule has 2 aromatic carbocycles. The zero-order valence-corrected chi connectivity index (χ0v) is 25.7. The second kappa shape index (κ2) is 14.9. The number of ether oxygens (including phenoxy) is 1. The summed E-state index contributed by atoms with van der Waals surface area (Å²) in [6.07, 6.45) is 7.09. The van der Waals surface area contributed by atoms with Gasteiger partial charge >= 0.3 is 0 Å². The van der Waals surface area contributed by atoms with Crippen molar-refractivity contribution in [3.63, 3.8) is 0 Å². The molecule has 0 saturated heterocycles. The van der Waals surface area contributed by atoms with Crippen LogP contribution < -0.4 is 14.4 Å². The summed E-state index contributed by atoms with van der Waals surface area (Å²) in [4.78, 5) is 28.6. The fraction of sp³-hybridized carbons (Fsp3) is 0.517. The van der Waals surface area contributed by atoms with Crippen molar-refractivity contribution >= 4 is 50.7 Å². The van der Waals surface area contributed by atoms with Crippen molar-refractivity contribution in [2.24, 2.45) is 0 Å². The highest BCUT2D eigenvalue weighted by Gasteiger charge is 2.31. The molecule has 0 unspecified atom stereocenters. The van der Waals surface area contributed by atoms with E-state index in [4.69, 9.17) is 27.9 Å². The number of methoxy groups -OCH3 is 1. The number of nitrogens with one attached hydrogen (secondary N) is 1. The Morgan fingerprint density at radius 3 is 2.33 bits per heavy atom. The number of rotatable bonds is 13. The van der Waals surface area contributed by atoms with Gasteiger partial charge in [0.1, 0.15) is 11.8 Å². The second-order valence-electron chi connectivity index (χ2n) is 10.2. The molecule has 2 aromatic rings. The molecule has 0 bridgehead atoms. The van der Waals surface area contributed by atoms with E-state index in [2.05, 4.69) is 5.32 Å². The molecule has 0 radical (unpaired) electrons. The number of benzene rings is 2. The van der Waals surface area contributed by atoms with Gasteiger partial charge in [-0.3, -0.25) is 13.9 Å². The molecule has 1 N–H and O–H groups in total. The fourth-order valence-electron chi connectivity index (χ4n) is 5.05. The minimum absolute atomic E-state index is 0.0561. The Morgan fingerprint density at radius 2 is 1.75 bits per heavy atom. The predicted octanol–water partition coefficient (Wildman–Crippen LogP) is 5.80. The molecule has 1 saturated carbocycles. The summed E-state index contributed by atoms with van der Waals surface area (Å²) in [7, 11) is -2.05. The second-order valence-corrected chi connectivity index (χ2v) is 12.9. The summed E-state index contributed by atoms with van der Waals surface area (Å²) < 4.78 is 31.6. The maximum atomic E-state index is 13.7. The Morgan fingerprint density at radius 1 is 1.07 bits per heavy atom. The van der Waals surface area contributed by atoms with Crippen LogP contribution >= 0.6 is 23.2 Å². The van der Waals surface area contributed by atoms with Gasteiger partial charge in [-0.25, -0.2) is 8.42 Å². The lowest BCUT2D eigenvalue weighted by Gasteiger charge is -2.33. The number of halogens is 2. The van der Waals surface area contributed by atoms with Crippen molar-refractivity contribution in [3.05, 3.63) is 58.1 Å². The van der Waals surface area contributed by atoms with E-state index in [0.717, 1.165) is 31.9 Å². The highest BCUT2D eigenvalue weighted by Crippen LogP contribution is 2.26. The van der Waals surface area contributed by atoms with Gasteiger partial charge in [0.15, 0.2) is 0 Å². The Balaban J connectivity index is 1.78. The number of anilines is 1. The first-order valence-electron chi connectivity index (χ1n) is 13.7. The summed E-state index contributed by atoms with van der Waals surface area (Å²) in [5, 5.41) is 4.05. The summed E-state index contributed by atoms with van der Waals surface area (Å²) >= 11 is 12.5. The number of carbonyl (C=O) groups excluding carboxylic acids is 2. The molecular weight excluding hydrogens is 573 g/mol. The van der Waals surface area contributed by atoms with Crippen LogP contribution in [0.15, 0.2) is 42.5 Å². The minimum Gasteiger partial charge on any atom is -0.497 e. The molecule has 0 aromatic heterocycles. The van der Waals surface area contributed by atoms with Crippen molar-refractivity contribution < 1.29 is 22.7 Å². The smallest absolute Gasteiger partial charge is 0.243 e. The number of carbonyl (C=O) groups is 2. The van der Waals surface area contributed by atoms with E-state index in [1.165, 1.54) is 17.8 Å². The van der Waals surface area contributed by atoms with E-state index < -0.39 is 16.1 Å². The largest absolute Gasteiger partial charge is 0.497 e. The maximum absolute atomic E-state index is 13.7. The van der Waals surface area contributed by atoms with Gasteiger partial charge in [0, 0.05) is 35.6 Å². The number of hydrogen-bond donors (Lipinski definition) is 1. The van der Waals surface area contributed by atoms with Crippen LogP contribution in [0, 0.1) is 0 Å². The molecule has 220 valence electrons. The Kier molecular flexibility index (Phi) is 12.0. The van der Waals surface area contributed by atoms with Crippen LogP contribution in [0.1, 0.15) is 63.9 Å². The van der Waals surface area contributed by atoms with E-state index in [9.17, 15) is 18.0 Å². The highest BCUT2D eigenvalue weighted by atomic mass is 35.5. The molecule has 1 aliphatic carbocycles. The molecule has 2 amide bonds. The number of nitrogens with zero attached hydrogens (tertiary/aromatic N) is 2. The molecule has 40 heavy (non-hydrogen) atoms. The van der Waals surface area contributed by atoms with Gasteiger partial charge < -0.3 is 15.0 Å². The lowest BCUT2D eigenvalue weighted by molar-refractivity contribution is -0.141. The van der Waals surface area contributed by atoms with E-state index >= 15 is 0 Å². The van der Waals surface area contributed by atoms with Crippen LogP contribution in [0.25, 0.3) is 0 Å². The van der Waals surface area contributed by atoms with Crippen LogP contribution in [-0.2, 0) is 26.2 Å². The Labute approximate surface area is 248 Å². The van der Waals surface area contributed by atoms with Crippen molar-refractivity contribution in [1.29, 1.82) is 0 Å². The van der Waals surface area contributed by atoms with Gasteiger partial charge in [-0.1, -0.05) is 55.5 Å². The first-order valence-corrected chi connectivity index (χ1v) is 16.3. The molecule has 3 rings (SSSR count). The van der Waals surface area contributed by atoms with Crippen molar-refractivity contribution in [3.8, 4) is 5.75 Å². The summed E-state index contributed by atoms with van der Waals surface area (Å²) in [5.74, 6) is 0.185. The zero-order chi connectivity index (χ0) is 29.3. The van der Waals surface area contributed by atoms with Gasteiger partial charge in [0.05, 0.1) is 19.1 Å². The standard InChI is InChI=1S/C29H39Cl2N3O5S/c1-4-27(29(36)32-23-9-6-5-7-10-23)33(20-21-12-13-22(30)19-26(21)31)28(35)11-8-18-34(40(3,37)38)24-14-16-25(39-2)17-15-24/h12-17,19,23,27H,4-11,18,20H2,1-3H3,(H,32,36)/t27-/m1/s1. The fourth-order valence-corrected chi connectivity index (χ4v) is 6.48. The maximum Gasteiger partial charge on any atom is 0.243 e. The molecule has 1 aliphatic rings. The lowest BCUT2D eigenvalue weighted by atomic mass is 9.95. The summed E-state index contributed by atoms with van der Waals surface area (Å²) in [6.45, 7) is 2.13. The third kappa shape index (κ3) is 9.01. The highest BCUT2D eigenvalue weighted by molar-refractivity contribution is 7.92. The predicted molar refractivity (Wildman–Crippen MR) is 161 cm³/mol. The van der Waals surface area contributed by atoms with Gasteiger partial charge in [0.2, 0.25) is 21.8 Å². The van der Waals surface area contributed by atoms with Crippen LogP contribution in [-0.4, -0.2) is 57.1 Å². The first kappa shape index (κ1) is 32.0. The van der Waals surface area contributed by atoms with Crippen molar-refractivity contribution in [1.82, 2.24) is 10.2 Å². The van der Waals surface area contributed by atoms with Crippen molar-refractivity contribution in [2.75, 3.05) is 24.2 Å². The van der Waals surface area contributed by atoms with Crippen LogP contribution in [0.5, 0.6) is 5.75 Å². The van der Waals surface area contributed by atoms with E-state index in [1.807, 2.05) is 6.92 Å². The van der Waals surface area contributed by atoms with E-state index in [-0.39, 0.29) is 43.8 Å². The average Bonchev–Trinajstić information content (AvgIpc) is 2.92. The molecule has 0 spiro atoms. The van der Waals surface area contributed by atoms with Crippen LogP contribution in [0.3, 0.4) is 0 Å². The zero-order valence-electron chi connectivity index (χ0n) is 23.4. The quantitative estimate of drug-likeness (QED) is 0.308. The van der Waals surface area contributed by atoms with Gasteiger partial charge in [0.25, 0.3) is 0 Å². The van der Waals surface area contributed by atoms with E-state index in [0.29, 0.717) is 33.5 Å². The number of sulfonamides is 1. The van der Waals surface area contributed by atoms with Gasteiger partial charge in [-0.05, 0) is 67.6 Å². The van der Waals surface area contributed by atoms with E-state index in [1.54, 1.807) is 47.4 Å². The SMILES string of the molecule is CC[C@H](C(=O)NC1CCCCC1)N(Cc1ccc(Cl)cc1Cl)C(=O)CCCN(c1ccc(OC)cc1)S(C)(=O)=O. The third-order valence-corrected chi connectivity index (χ3v) is 8.99. The Bertz CT molecular complexity index is 1250. The minimum atomic E-state index is -3.59. The lowest BCUT2D eigenvalue weighted by Crippen LogP contribution is -2.51. The average molecular weight is 613 g/mol. The molecule has 1 atom stereocenters. The molecule has 11 heteroatoms. The van der Waals surface area contributed by atoms with Gasteiger partial charge in [-0.15, -0.1) is 0 Å². The van der Waals surface area contributed by atoms with Crippen LogP contribution in [0.4, 0.5) is 5.69 Å². The first-order chi connectivity index (χ1) is 19.0. The van der Waals surface area contributed by atoms with Gasteiger partial charge in [-0.2, -0.15) is 0 Å².